The number of benzene rings is 3. The summed E-state index contributed by atoms with van der Waals surface area (Å²) in [6.07, 6.45) is 11.7. The van der Waals surface area contributed by atoms with Crippen LogP contribution < -0.4 is 29.5 Å². The van der Waals surface area contributed by atoms with Gasteiger partial charge in [0.25, 0.3) is 21.6 Å². The van der Waals surface area contributed by atoms with Gasteiger partial charge in [-0.25, -0.2) is 13.1 Å². The second-order valence-electron chi connectivity index (χ2n) is 21.0. The minimum Gasteiger partial charge on any atom is -0.468 e. The van der Waals surface area contributed by atoms with Gasteiger partial charge in [0.15, 0.2) is 0 Å². The number of sulfonamides is 1. The summed E-state index contributed by atoms with van der Waals surface area (Å²) in [4.78, 5) is 48.1. The van der Waals surface area contributed by atoms with E-state index in [0.29, 0.717) is 68.3 Å². The molecule has 12 rings (SSSR count). The molecule has 4 saturated heterocycles. The molecule has 0 unspecified atom stereocenters. The summed E-state index contributed by atoms with van der Waals surface area (Å²) in [7, 11) is -4.61. The summed E-state index contributed by atoms with van der Waals surface area (Å²) in [5.41, 5.74) is 6.80. The second-order valence-corrected chi connectivity index (χ2v) is 22.7. The number of nitrogens with one attached hydrogen (secondary N) is 3. The molecule has 19 heteroatoms. The third kappa shape index (κ3) is 9.28. The van der Waals surface area contributed by atoms with Crippen molar-refractivity contribution in [3.8, 4) is 5.88 Å². The van der Waals surface area contributed by atoms with Crippen molar-refractivity contribution >= 4 is 61.1 Å². The van der Waals surface area contributed by atoms with E-state index in [4.69, 9.17) is 19.2 Å². The number of ether oxygens (including phenoxy) is 3. The first-order valence-corrected chi connectivity index (χ1v) is 27.5. The molecule has 5 aliphatic heterocycles. The molecule has 0 radical (unpaired) electrons. The fourth-order valence-electron chi connectivity index (χ4n) is 12.6. The molecule has 1 amide bonds. The van der Waals surface area contributed by atoms with Crippen molar-refractivity contribution < 1.29 is 32.3 Å². The van der Waals surface area contributed by atoms with E-state index in [-0.39, 0.29) is 34.7 Å². The van der Waals surface area contributed by atoms with Gasteiger partial charge < -0.3 is 39.2 Å². The number of hydrogen-bond donors (Lipinski definition) is 3. The number of rotatable bonds is 12. The Balaban J connectivity index is 0.816. The van der Waals surface area contributed by atoms with Crippen LogP contribution >= 0.6 is 0 Å². The largest absolute Gasteiger partial charge is 0.468 e. The minimum absolute atomic E-state index is 0.122. The molecule has 1 saturated carbocycles. The quantitative estimate of drug-likeness (QED) is 0.0783. The van der Waals surface area contributed by atoms with Crippen LogP contribution in [-0.2, 0) is 19.5 Å². The van der Waals surface area contributed by atoms with E-state index in [1.165, 1.54) is 28.9 Å². The molecule has 3 aromatic carbocycles. The van der Waals surface area contributed by atoms with Crippen LogP contribution in [0.5, 0.6) is 5.88 Å². The molecule has 3 N–H and O–H groups in total. The van der Waals surface area contributed by atoms with E-state index in [9.17, 15) is 23.3 Å². The molecule has 5 fully saturated rings. The number of carbonyl (C=O) groups excluding carboxylic acids is 1. The number of carbonyl (C=O) groups is 1. The Morgan fingerprint density at radius 1 is 0.878 bits per heavy atom. The molecule has 0 bridgehead atoms. The first-order valence-electron chi connectivity index (χ1n) is 26.0. The SMILES string of the molecule is Cc1ccccc1[C@@H]1CN(c2ccncc2)CCN1C1CC2(CCN(c3ccc(C(=O)NS(=O)(=O)c4ccc(NCC5CCOCC5)c([N+](=O)[O-])c4)c(N4c5cc6cc[nH]c6nc5O[C@H]5COCC[C@@H]54)c3)CC2)C1. The predicted molar refractivity (Wildman–Crippen MR) is 282 cm³/mol. The maximum Gasteiger partial charge on any atom is 0.293 e. The predicted octanol–water partition coefficient (Wildman–Crippen LogP) is 8.13. The number of nitro benzene ring substituents is 1. The summed E-state index contributed by atoms with van der Waals surface area (Å²) in [6.45, 7) is 9.26. The summed E-state index contributed by atoms with van der Waals surface area (Å²) < 4.78 is 48.6. The van der Waals surface area contributed by atoms with E-state index in [1.807, 2.05) is 42.9 Å². The van der Waals surface area contributed by atoms with Gasteiger partial charge in [0.1, 0.15) is 23.1 Å². The summed E-state index contributed by atoms with van der Waals surface area (Å²) in [5.74, 6) is -0.230. The maximum absolute atomic E-state index is 14.7. The highest BCUT2D eigenvalue weighted by atomic mass is 32.2. The number of anilines is 5. The number of H-pyrrole nitrogens is 1. The van der Waals surface area contributed by atoms with Gasteiger partial charge in [-0.2, -0.15) is 4.98 Å². The van der Waals surface area contributed by atoms with E-state index in [1.54, 1.807) is 6.07 Å². The molecule has 18 nitrogen and oxygen atoms in total. The fraction of sp³-hybridized carbons (Fsp3) is 0.436. The summed E-state index contributed by atoms with van der Waals surface area (Å²) in [6, 6.07) is 26.7. The Kier molecular flexibility index (Phi) is 12.9. The van der Waals surface area contributed by atoms with Gasteiger partial charge in [-0.3, -0.25) is 24.8 Å². The number of piperidine rings is 1. The van der Waals surface area contributed by atoms with Crippen LogP contribution in [0.2, 0.25) is 0 Å². The lowest BCUT2D eigenvalue weighted by molar-refractivity contribution is -0.384. The molecule has 1 aliphatic carbocycles. The van der Waals surface area contributed by atoms with Gasteiger partial charge in [-0.1, -0.05) is 24.3 Å². The van der Waals surface area contributed by atoms with Crippen molar-refractivity contribution in [2.45, 2.75) is 81.0 Å². The van der Waals surface area contributed by atoms with E-state index in [2.05, 4.69) is 82.9 Å². The number of piperazine rings is 1. The molecule has 3 atom stereocenters. The van der Waals surface area contributed by atoms with Crippen molar-refractivity contribution in [2.75, 3.05) is 85.7 Å². The first-order chi connectivity index (χ1) is 36.0. The summed E-state index contributed by atoms with van der Waals surface area (Å²) >= 11 is 0. The zero-order valence-electron chi connectivity index (χ0n) is 41.5. The van der Waals surface area contributed by atoms with Crippen molar-refractivity contribution in [2.24, 2.45) is 11.3 Å². The maximum atomic E-state index is 14.7. The average molecular weight is 1020 g/mol. The molecule has 74 heavy (non-hydrogen) atoms. The molecule has 386 valence electrons. The van der Waals surface area contributed by atoms with Gasteiger partial charge in [0.2, 0.25) is 5.88 Å². The molecular weight excluding hydrogens is 961 g/mol. The molecule has 6 aromatic rings. The third-order valence-corrected chi connectivity index (χ3v) is 18.0. The topological polar surface area (TPSA) is 201 Å². The highest BCUT2D eigenvalue weighted by Gasteiger charge is 2.50. The van der Waals surface area contributed by atoms with E-state index < -0.39 is 37.5 Å². The van der Waals surface area contributed by atoms with Crippen LogP contribution in [-0.4, -0.2) is 123 Å². The van der Waals surface area contributed by atoms with Crippen LogP contribution in [0.4, 0.5) is 34.1 Å². The number of aryl methyl sites for hydroxylation is 1. The van der Waals surface area contributed by atoms with Gasteiger partial charge in [-0.05, 0) is 129 Å². The van der Waals surface area contributed by atoms with Crippen LogP contribution in [0.25, 0.3) is 11.0 Å². The number of hydrogen-bond acceptors (Lipinski definition) is 15. The Bertz CT molecular complexity index is 3170. The number of fused-ring (bicyclic) bond motifs is 3. The van der Waals surface area contributed by atoms with Crippen LogP contribution in [0.3, 0.4) is 0 Å². The standard InChI is InChI=1S/C55H62N10O8S/c1-36-4-2-3-5-43(36)50-34-62(39-11-18-56-19-12-39)23-24-63(50)41-31-55(32-41)16-21-61(22-17-55)40-6-8-44(47(29-40)64-46-15-27-72-35-51(46)73-54-49(64)28-38-10-20-57-52(38)59-54)53(66)60-74(69,70)42-7-9-45(48(30-42)65(67)68)58-33-37-13-25-71-26-14-37/h2-12,18-20,28-30,37,41,46,50-51,58H,13-17,21-27,31-35H2,1H3,(H,57,59)(H,60,66)/t46-,50-,51-/m0/s1. The number of nitrogens with zero attached hydrogens (tertiary/aromatic N) is 7. The first kappa shape index (κ1) is 48.2. The van der Waals surface area contributed by atoms with Gasteiger partial charge in [-0.15, -0.1) is 0 Å². The lowest BCUT2D eigenvalue weighted by atomic mass is 9.59. The molecule has 3 aromatic heterocycles. The van der Waals surface area contributed by atoms with Crippen molar-refractivity contribution in [3.05, 3.63) is 130 Å². The van der Waals surface area contributed by atoms with Crippen LogP contribution in [0, 0.1) is 28.4 Å². The average Bonchev–Trinajstić information content (AvgIpc) is 3.89. The van der Waals surface area contributed by atoms with Gasteiger partial charge in [0.05, 0.1) is 39.8 Å². The fourth-order valence-corrected chi connectivity index (χ4v) is 13.5. The van der Waals surface area contributed by atoms with Gasteiger partial charge >= 0.3 is 0 Å². The van der Waals surface area contributed by atoms with Crippen molar-refractivity contribution in [3.63, 3.8) is 0 Å². The van der Waals surface area contributed by atoms with Crippen molar-refractivity contribution in [1.82, 2.24) is 24.6 Å². The van der Waals surface area contributed by atoms with Crippen molar-refractivity contribution in [1.29, 1.82) is 0 Å². The number of pyridine rings is 2. The number of nitro groups is 1. The lowest BCUT2D eigenvalue weighted by Crippen LogP contribution is -2.60. The lowest BCUT2D eigenvalue weighted by Gasteiger charge is -2.58. The van der Waals surface area contributed by atoms with Crippen LogP contribution in [0.1, 0.15) is 72.5 Å². The number of aromatic amines is 1. The van der Waals surface area contributed by atoms with E-state index >= 15 is 0 Å². The van der Waals surface area contributed by atoms with Gasteiger partial charge in [0, 0.05) is 107 Å². The monoisotopic (exact) mass is 1020 g/mol. The number of aromatic nitrogens is 3. The molecule has 8 heterocycles. The molecule has 1 spiro atoms. The molecular formula is C55H62N10O8S. The second kappa shape index (κ2) is 19.8. The normalized spacial score (nSPS) is 22.4. The Hall–Kier alpha value is -6.80. The van der Waals surface area contributed by atoms with E-state index in [0.717, 1.165) is 88.4 Å². The highest BCUT2D eigenvalue weighted by molar-refractivity contribution is 7.90. The Labute approximate surface area is 430 Å². The number of amides is 1. The Morgan fingerprint density at radius 3 is 2.47 bits per heavy atom. The molecule has 6 aliphatic rings. The zero-order valence-corrected chi connectivity index (χ0v) is 42.3. The summed E-state index contributed by atoms with van der Waals surface area (Å²) in [5, 5.41) is 16.3. The Morgan fingerprint density at radius 2 is 1.68 bits per heavy atom. The third-order valence-electron chi connectivity index (χ3n) is 16.7. The minimum atomic E-state index is -4.61. The van der Waals surface area contributed by atoms with Crippen LogP contribution in [0.15, 0.2) is 108 Å². The highest BCUT2D eigenvalue weighted by Crippen LogP contribution is 2.54. The zero-order chi connectivity index (χ0) is 50.6. The smallest absolute Gasteiger partial charge is 0.293 e.